The summed E-state index contributed by atoms with van der Waals surface area (Å²) < 4.78 is 5.21. The molecule has 3 nitrogen and oxygen atoms in total. The van der Waals surface area contributed by atoms with Crippen LogP contribution in [0.1, 0.15) is 119 Å². The number of ether oxygens (including phenoxy) is 1. The highest BCUT2D eigenvalue weighted by atomic mass is 16.5. The van der Waals surface area contributed by atoms with E-state index in [0.29, 0.717) is 12.3 Å². The molecule has 0 aromatic heterocycles. The number of aliphatic hydroxyl groups excluding tert-OH is 1. The fourth-order valence-corrected chi connectivity index (χ4v) is 1.59. The van der Waals surface area contributed by atoms with Crippen LogP contribution in [-0.2, 0) is 6.42 Å². The summed E-state index contributed by atoms with van der Waals surface area (Å²) in [7, 11) is 0. The summed E-state index contributed by atoms with van der Waals surface area (Å²) in [4.78, 5) is 0. The Morgan fingerprint density at radius 1 is 0.722 bits per heavy atom. The summed E-state index contributed by atoms with van der Waals surface area (Å²) in [5.74, 6) is 0.769. The van der Waals surface area contributed by atoms with Gasteiger partial charge in [-0.2, -0.15) is 0 Å². The van der Waals surface area contributed by atoms with Gasteiger partial charge in [0.25, 0.3) is 0 Å². The topological polar surface area (TPSA) is 55.5 Å². The molecule has 3 heteroatoms. The van der Waals surface area contributed by atoms with Crippen LogP contribution in [0.3, 0.4) is 0 Å². The number of nitrogen functional groups attached to an aromatic ring is 1. The van der Waals surface area contributed by atoms with Crippen LogP contribution in [0.4, 0.5) is 5.69 Å². The summed E-state index contributed by atoms with van der Waals surface area (Å²) in [6.07, 6.45) is 9.81. The molecule has 0 radical (unpaired) electrons. The van der Waals surface area contributed by atoms with Crippen molar-refractivity contribution in [3.63, 3.8) is 0 Å². The Hall–Kier alpha value is -2.42. The molecule has 0 atom stereocenters. The molecule has 3 N–H and O–H groups in total. The summed E-state index contributed by atoms with van der Waals surface area (Å²) in [6, 6.07) is 16.1. The molecule has 0 aliphatic heterocycles. The normalized spacial score (nSPS) is 7.97. The number of para-hydroxylation sites is 2. The highest BCUT2D eigenvalue weighted by molar-refractivity contribution is 5.51. The lowest BCUT2D eigenvalue weighted by molar-refractivity contribution is 0.342. The van der Waals surface area contributed by atoms with Gasteiger partial charge < -0.3 is 15.6 Å². The molecule has 0 aliphatic carbocycles. The van der Waals surface area contributed by atoms with Crippen molar-refractivity contribution in [2.24, 2.45) is 0 Å². The number of hydrogen-bond donors (Lipinski definition) is 2. The fourth-order valence-electron chi connectivity index (χ4n) is 1.59. The largest absolute Gasteiger partial charge is 0.516 e. The summed E-state index contributed by atoms with van der Waals surface area (Å²) in [6.45, 7) is 26.9. The van der Waals surface area contributed by atoms with Crippen molar-refractivity contribution >= 4 is 5.69 Å². The third-order valence-electron chi connectivity index (χ3n) is 4.25. The molecular weight excluding hydrogens is 442 g/mol. The van der Waals surface area contributed by atoms with E-state index in [1.54, 1.807) is 0 Å². The molecule has 2 aromatic rings. The van der Waals surface area contributed by atoms with E-state index in [-0.39, 0.29) is 0 Å². The third-order valence-corrected chi connectivity index (χ3v) is 4.25. The minimum absolute atomic E-state index is 0.661. The van der Waals surface area contributed by atoms with Gasteiger partial charge in [-0.05, 0) is 38.0 Å². The molecule has 0 heterocycles. The van der Waals surface area contributed by atoms with E-state index in [1.807, 2.05) is 45.0 Å². The van der Waals surface area contributed by atoms with Gasteiger partial charge in [0.1, 0.15) is 5.75 Å². The van der Waals surface area contributed by atoms with Gasteiger partial charge in [0, 0.05) is 0 Å². The van der Waals surface area contributed by atoms with Crippen LogP contribution >= 0.6 is 0 Å². The van der Waals surface area contributed by atoms with Crippen LogP contribution in [0.5, 0.6) is 5.75 Å². The van der Waals surface area contributed by atoms with Crippen LogP contribution in [-0.4, -0.2) is 11.7 Å². The maximum atomic E-state index is 7.33. The van der Waals surface area contributed by atoms with Gasteiger partial charge in [-0.3, -0.25) is 0 Å². The molecule has 0 saturated carbocycles. The zero-order valence-electron chi connectivity index (χ0n) is 26.0. The van der Waals surface area contributed by atoms with E-state index < -0.39 is 0 Å². The maximum absolute atomic E-state index is 7.33. The van der Waals surface area contributed by atoms with Crippen molar-refractivity contribution in [2.75, 3.05) is 12.3 Å². The minimum Gasteiger partial charge on any atom is -0.516 e. The molecule has 0 saturated heterocycles. The first kappa shape index (κ1) is 43.6. The third kappa shape index (κ3) is 41.8. The van der Waals surface area contributed by atoms with Gasteiger partial charge in [0.2, 0.25) is 0 Å². The molecule has 0 amide bonds. The molecule has 0 fully saturated rings. The van der Waals surface area contributed by atoms with E-state index in [1.165, 1.54) is 49.7 Å². The van der Waals surface area contributed by atoms with E-state index >= 15 is 0 Å². The number of aliphatic hydroxyl groups is 1. The molecule has 2 rings (SSSR count). The van der Waals surface area contributed by atoms with Crippen molar-refractivity contribution in [3.8, 4) is 5.75 Å². The zero-order valence-corrected chi connectivity index (χ0v) is 26.0. The second kappa shape index (κ2) is 42.7. The summed E-state index contributed by atoms with van der Waals surface area (Å²) >= 11 is 0. The van der Waals surface area contributed by atoms with Gasteiger partial charge in [-0.15, -0.1) is 0 Å². The van der Waals surface area contributed by atoms with Crippen molar-refractivity contribution in [3.05, 3.63) is 72.5 Å². The van der Waals surface area contributed by atoms with Gasteiger partial charge in [-0.25, -0.2) is 0 Å². The highest BCUT2D eigenvalue weighted by Crippen LogP contribution is 2.19. The first-order chi connectivity index (χ1) is 17.3. The molecule has 2 aromatic carbocycles. The maximum Gasteiger partial charge on any atom is 0.142 e. The SMILES string of the molecule is C=CO.CC.CCCC.CCCC.CCCC.CCOc1ccccc1N.CCc1ccc(C)cc1. The van der Waals surface area contributed by atoms with E-state index in [0.717, 1.165) is 18.4 Å². The molecule has 0 unspecified atom stereocenters. The van der Waals surface area contributed by atoms with Crippen molar-refractivity contribution in [1.29, 1.82) is 0 Å². The van der Waals surface area contributed by atoms with Crippen LogP contribution in [0.2, 0.25) is 0 Å². The van der Waals surface area contributed by atoms with Crippen LogP contribution in [0.25, 0.3) is 0 Å². The zero-order chi connectivity index (χ0) is 29.0. The summed E-state index contributed by atoms with van der Waals surface area (Å²) in [5.41, 5.74) is 9.04. The Balaban J connectivity index is -0.000000113. The predicted molar refractivity (Wildman–Crippen MR) is 169 cm³/mol. The molecule has 0 bridgehead atoms. The first-order valence-corrected chi connectivity index (χ1v) is 14.1. The number of nitrogens with two attached hydrogens (primary N) is 1. The molecule has 36 heavy (non-hydrogen) atoms. The van der Waals surface area contributed by atoms with Crippen LogP contribution < -0.4 is 10.5 Å². The average molecular weight is 506 g/mol. The Morgan fingerprint density at radius 3 is 1.36 bits per heavy atom. The second-order valence-corrected chi connectivity index (χ2v) is 7.49. The molecule has 0 aliphatic rings. The number of unbranched alkanes of at least 4 members (excludes halogenated alkanes) is 3. The molecular formula is C33H63NO2. The lowest BCUT2D eigenvalue weighted by atomic mass is 10.1. The number of aryl methyl sites for hydroxylation is 2. The monoisotopic (exact) mass is 505 g/mol. The van der Waals surface area contributed by atoms with Crippen molar-refractivity contribution < 1.29 is 9.84 Å². The molecule has 0 spiro atoms. The lowest BCUT2D eigenvalue weighted by Gasteiger charge is -2.04. The van der Waals surface area contributed by atoms with Crippen molar-refractivity contribution in [1.82, 2.24) is 0 Å². The Bertz CT molecular complexity index is 594. The van der Waals surface area contributed by atoms with E-state index in [2.05, 4.69) is 86.2 Å². The number of benzene rings is 2. The number of rotatable bonds is 6. The predicted octanol–water partition coefficient (Wildman–Crippen LogP) is 11.4. The Kier molecular flexibility index (Phi) is 51.8. The van der Waals surface area contributed by atoms with Gasteiger partial charge in [-0.1, -0.05) is 149 Å². The van der Waals surface area contributed by atoms with Gasteiger partial charge in [0.05, 0.1) is 18.6 Å². The smallest absolute Gasteiger partial charge is 0.142 e. The Labute approximate surface area is 227 Å². The summed E-state index contributed by atoms with van der Waals surface area (Å²) in [5, 5.41) is 7.33. The van der Waals surface area contributed by atoms with Crippen LogP contribution in [0, 0.1) is 6.92 Å². The number of anilines is 1. The molecule has 212 valence electrons. The van der Waals surface area contributed by atoms with Gasteiger partial charge >= 0.3 is 0 Å². The standard InChI is InChI=1S/C9H12.C8H11NO.3C4H10.C2H4O.C2H6/c1-3-9-6-4-8(2)5-7-9;1-2-10-8-6-4-3-5-7(8)9;3*1-3-4-2;1-2-3;1-2/h4-7H,3H2,1-2H3;3-6H,2,9H2,1H3;3*3-4H2,1-2H3;2-3H,1H2;1-2H3. The van der Waals surface area contributed by atoms with E-state index in [4.69, 9.17) is 15.6 Å². The Morgan fingerprint density at radius 2 is 1.08 bits per heavy atom. The highest BCUT2D eigenvalue weighted by Gasteiger charge is 1.93. The first-order valence-electron chi connectivity index (χ1n) is 14.1. The lowest BCUT2D eigenvalue weighted by Crippen LogP contribution is -1.95. The minimum atomic E-state index is 0.661. The average Bonchev–Trinajstić information content (AvgIpc) is 2.93. The van der Waals surface area contributed by atoms with Crippen molar-refractivity contribution in [2.45, 2.75) is 121 Å². The van der Waals surface area contributed by atoms with Crippen LogP contribution in [0.15, 0.2) is 61.4 Å². The quantitative estimate of drug-likeness (QED) is 0.303. The van der Waals surface area contributed by atoms with E-state index in [9.17, 15) is 0 Å². The number of hydrogen-bond acceptors (Lipinski definition) is 3. The van der Waals surface area contributed by atoms with Gasteiger partial charge in [0.15, 0.2) is 0 Å². The fraction of sp³-hybridized carbons (Fsp3) is 0.576. The second-order valence-electron chi connectivity index (χ2n) is 7.49.